The molecular formula is C20H19Cl2N3O. The Morgan fingerprint density at radius 1 is 0.962 bits per heavy atom. The second-order valence-electron chi connectivity index (χ2n) is 6.14. The lowest BCUT2D eigenvalue weighted by Crippen LogP contribution is -2.48. The number of nitrogens with zero attached hydrogens (tertiary/aromatic N) is 3. The van der Waals surface area contributed by atoms with E-state index >= 15 is 0 Å². The maximum absolute atomic E-state index is 12.6. The maximum atomic E-state index is 12.6. The number of halogens is 2. The highest BCUT2D eigenvalue weighted by molar-refractivity contribution is 6.31. The number of pyridine rings is 1. The van der Waals surface area contributed by atoms with Crippen molar-refractivity contribution in [2.24, 2.45) is 0 Å². The second-order valence-corrected chi connectivity index (χ2v) is 6.57. The Bertz CT molecular complexity index is 909. The smallest absolute Gasteiger partial charge is 0.253 e. The van der Waals surface area contributed by atoms with Gasteiger partial charge < -0.3 is 9.80 Å². The van der Waals surface area contributed by atoms with Gasteiger partial charge in [0, 0.05) is 54.0 Å². The topological polar surface area (TPSA) is 36.4 Å². The average molecular weight is 388 g/mol. The van der Waals surface area contributed by atoms with Crippen molar-refractivity contribution in [1.82, 2.24) is 9.88 Å². The van der Waals surface area contributed by atoms with Gasteiger partial charge in [0.15, 0.2) is 0 Å². The predicted octanol–water partition coefficient (Wildman–Crippen LogP) is 4.27. The molecule has 0 spiro atoms. The van der Waals surface area contributed by atoms with Gasteiger partial charge in [-0.05, 0) is 36.4 Å². The molecule has 1 saturated heterocycles. The normalized spacial score (nSPS) is 14.2. The number of carbonyl (C=O) groups excluding carboxylic acids is 1. The number of hydrogen-bond donors (Lipinski definition) is 0. The molecule has 134 valence electrons. The van der Waals surface area contributed by atoms with E-state index in [2.05, 4.69) is 9.88 Å². The van der Waals surface area contributed by atoms with Crippen LogP contribution >= 0.6 is 24.0 Å². The highest BCUT2D eigenvalue weighted by Gasteiger charge is 2.23. The van der Waals surface area contributed by atoms with Gasteiger partial charge in [-0.3, -0.25) is 9.78 Å². The number of carbonyl (C=O) groups is 1. The molecule has 1 fully saturated rings. The van der Waals surface area contributed by atoms with Crippen molar-refractivity contribution >= 4 is 46.5 Å². The summed E-state index contributed by atoms with van der Waals surface area (Å²) in [6, 6.07) is 17.3. The molecule has 0 bridgehead atoms. The van der Waals surface area contributed by atoms with Gasteiger partial charge in [0.1, 0.15) is 0 Å². The van der Waals surface area contributed by atoms with Crippen LogP contribution in [0.5, 0.6) is 0 Å². The molecule has 6 heteroatoms. The van der Waals surface area contributed by atoms with Gasteiger partial charge in [-0.25, -0.2) is 0 Å². The van der Waals surface area contributed by atoms with Crippen LogP contribution in [0.15, 0.2) is 60.8 Å². The first-order valence-electron chi connectivity index (χ1n) is 8.36. The largest absolute Gasteiger partial charge is 0.367 e. The lowest BCUT2D eigenvalue weighted by Gasteiger charge is -2.36. The van der Waals surface area contributed by atoms with Gasteiger partial charge in [-0.1, -0.05) is 29.8 Å². The van der Waals surface area contributed by atoms with Gasteiger partial charge in [0.25, 0.3) is 5.91 Å². The van der Waals surface area contributed by atoms with Gasteiger partial charge in [-0.15, -0.1) is 12.4 Å². The first kappa shape index (κ1) is 18.5. The molecule has 1 amide bonds. The van der Waals surface area contributed by atoms with Gasteiger partial charge in [-0.2, -0.15) is 0 Å². The molecule has 26 heavy (non-hydrogen) atoms. The Hall–Kier alpha value is -2.30. The summed E-state index contributed by atoms with van der Waals surface area (Å²) in [7, 11) is 0. The van der Waals surface area contributed by atoms with E-state index in [1.807, 2.05) is 65.7 Å². The fraction of sp³-hybridized carbons (Fsp3) is 0.200. The summed E-state index contributed by atoms with van der Waals surface area (Å²) in [6.07, 6.45) is 1.81. The van der Waals surface area contributed by atoms with E-state index in [4.69, 9.17) is 11.6 Å². The quantitative estimate of drug-likeness (QED) is 0.658. The number of piperazine rings is 1. The highest BCUT2D eigenvalue weighted by Crippen LogP contribution is 2.28. The highest BCUT2D eigenvalue weighted by atomic mass is 35.5. The summed E-state index contributed by atoms with van der Waals surface area (Å²) < 4.78 is 0. The number of rotatable bonds is 2. The Morgan fingerprint density at radius 2 is 1.69 bits per heavy atom. The number of aromatic nitrogens is 1. The molecule has 3 aromatic rings. The van der Waals surface area contributed by atoms with Crippen LogP contribution in [0.2, 0.25) is 5.02 Å². The molecule has 1 aliphatic rings. The van der Waals surface area contributed by atoms with Crippen molar-refractivity contribution in [2.45, 2.75) is 0 Å². The molecule has 1 aliphatic heterocycles. The molecule has 0 aliphatic carbocycles. The van der Waals surface area contributed by atoms with Crippen LogP contribution in [0, 0.1) is 0 Å². The zero-order valence-electron chi connectivity index (χ0n) is 14.1. The third-order valence-electron chi connectivity index (χ3n) is 4.61. The molecule has 4 nitrogen and oxygen atoms in total. The van der Waals surface area contributed by atoms with Gasteiger partial charge in [0.05, 0.1) is 5.52 Å². The van der Waals surface area contributed by atoms with Crippen LogP contribution in [0.4, 0.5) is 5.69 Å². The SMILES string of the molecule is Cl.O=C(c1ccccc1)N1CCN(c2ccnc3cc(Cl)ccc23)CC1. The minimum Gasteiger partial charge on any atom is -0.367 e. The third kappa shape index (κ3) is 3.62. The van der Waals surface area contributed by atoms with Gasteiger partial charge >= 0.3 is 0 Å². The summed E-state index contributed by atoms with van der Waals surface area (Å²) in [5.41, 5.74) is 2.79. The fourth-order valence-corrected chi connectivity index (χ4v) is 3.46. The van der Waals surface area contributed by atoms with Crippen LogP contribution in [-0.4, -0.2) is 42.0 Å². The first-order chi connectivity index (χ1) is 12.2. The molecular weight excluding hydrogens is 369 g/mol. The average Bonchev–Trinajstić information content (AvgIpc) is 2.67. The van der Waals surface area contributed by atoms with Crippen LogP contribution < -0.4 is 4.90 Å². The van der Waals surface area contributed by atoms with E-state index in [9.17, 15) is 4.79 Å². The Labute approximate surface area is 163 Å². The lowest BCUT2D eigenvalue weighted by atomic mass is 10.1. The Balaban J connectivity index is 0.00000196. The molecule has 0 N–H and O–H groups in total. The minimum absolute atomic E-state index is 0. The Kier molecular flexibility index (Phi) is 5.64. The molecule has 2 aromatic carbocycles. The maximum Gasteiger partial charge on any atom is 0.253 e. The van der Waals surface area contributed by atoms with Crippen LogP contribution in [0.25, 0.3) is 10.9 Å². The zero-order chi connectivity index (χ0) is 17.2. The van der Waals surface area contributed by atoms with E-state index in [0.29, 0.717) is 18.1 Å². The third-order valence-corrected chi connectivity index (χ3v) is 4.85. The molecule has 0 atom stereocenters. The van der Waals surface area contributed by atoms with Crippen molar-refractivity contribution in [3.63, 3.8) is 0 Å². The Morgan fingerprint density at radius 3 is 2.42 bits per heavy atom. The van der Waals surface area contributed by atoms with Crippen LogP contribution in [0.1, 0.15) is 10.4 Å². The standard InChI is InChI=1S/C20H18ClN3O.ClH/c21-16-6-7-17-18(14-16)22-9-8-19(17)23-10-12-24(13-11-23)20(25)15-4-2-1-3-5-15;/h1-9,14H,10-13H2;1H. The van der Waals surface area contributed by atoms with Crippen LogP contribution in [0.3, 0.4) is 0 Å². The van der Waals surface area contributed by atoms with Crippen LogP contribution in [-0.2, 0) is 0 Å². The summed E-state index contributed by atoms with van der Waals surface area (Å²) in [5, 5.41) is 1.78. The van der Waals surface area contributed by atoms with Crippen molar-refractivity contribution in [1.29, 1.82) is 0 Å². The number of hydrogen-bond acceptors (Lipinski definition) is 3. The van der Waals surface area contributed by atoms with Crippen molar-refractivity contribution < 1.29 is 4.79 Å². The van der Waals surface area contributed by atoms with Crippen molar-refractivity contribution in [2.75, 3.05) is 31.1 Å². The molecule has 0 saturated carbocycles. The first-order valence-corrected chi connectivity index (χ1v) is 8.74. The minimum atomic E-state index is 0. The second kappa shape index (κ2) is 7.94. The molecule has 4 rings (SSSR count). The summed E-state index contributed by atoms with van der Waals surface area (Å²) in [4.78, 5) is 21.2. The number of amides is 1. The molecule has 2 heterocycles. The zero-order valence-corrected chi connectivity index (χ0v) is 15.7. The van der Waals surface area contributed by atoms with Crippen molar-refractivity contribution in [3.8, 4) is 0 Å². The van der Waals surface area contributed by atoms with E-state index in [1.165, 1.54) is 0 Å². The monoisotopic (exact) mass is 387 g/mol. The number of benzene rings is 2. The van der Waals surface area contributed by atoms with Crippen molar-refractivity contribution in [3.05, 3.63) is 71.4 Å². The van der Waals surface area contributed by atoms with E-state index in [1.54, 1.807) is 0 Å². The van der Waals surface area contributed by atoms with Gasteiger partial charge in [0.2, 0.25) is 0 Å². The van der Waals surface area contributed by atoms with E-state index in [-0.39, 0.29) is 18.3 Å². The summed E-state index contributed by atoms with van der Waals surface area (Å²) in [5.74, 6) is 0.103. The lowest BCUT2D eigenvalue weighted by molar-refractivity contribution is 0.0747. The summed E-state index contributed by atoms with van der Waals surface area (Å²) >= 11 is 6.07. The molecule has 1 aromatic heterocycles. The fourth-order valence-electron chi connectivity index (χ4n) is 3.30. The summed E-state index contributed by atoms with van der Waals surface area (Å²) in [6.45, 7) is 3.04. The van der Waals surface area contributed by atoms with E-state index < -0.39 is 0 Å². The molecule has 0 unspecified atom stereocenters. The molecule has 0 radical (unpaired) electrons. The number of fused-ring (bicyclic) bond motifs is 1. The predicted molar refractivity (Wildman–Crippen MR) is 109 cm³/mol. The van der Waals surface area contributed by atoms with E-state index in [0.717, 1.165) is 35.2 Å². The number of anilines is 1.